The molecule has 3 heteroatoms. The summed E-state index contributed by atoms with van der Waals surface area (Å²) in [5.74, 6) is -0.422. The minimum absolute atomic E-state index is 0.0785. The topological polar surface area (TPSA) is 63.3 Å². The summed E-state index contributed by atoms with van der Waals surface area (Å²) < 4.78 is 0. The fourth-order valence-corrected chi connectivity index (χ4v) is 3.51. The molecule has 2 aliphatic rings. The summed E-state index contributed by atoms with van der Waals surface area (Å²) >= 11 is 0. The highest BCUT2D eigenvalue weighted by Gasteiger charge is 2.55. The molecule has 0 atom stereocenters. The number of rotatable bonds is 2. The van der Waals surface area contributed by atoms with Crippen molar-refractivity contribution >= 4 is 5.97 Å². The van der Waals surface area contributed by atoms with Gasteiger partial charge in [0.15, 0.2) is 0 Å². The molecule has 0 bridgehead atoms. The van der Waals surface area contributed by atoms with Crippen LogP contribution in [-0.4, -0.2) is 17.1 Å². The Hall–Kier alpha value is -1.35. The highest BCUT2D eigenvalue weighted by molar-refractivity contribution is 5.77. The van der Waals surface area contributed by atoms with Gasteiger partial charge in [-0.1, -0.05) is 24.3 Å². The van der Waals surface area contributed by atoms with Crippen LogP contribution in [0.1, 0.15) is 24.0 Å². The van der Waals surface area contributed by atoms with Gasteiger partial charge in [-0.05, 0) is 42.7 Å². The summed E-state index contributed by atoms with van der Waals surface area (Å²) in [6.07, 6.45) is 3.08. The maximum atomic E-state index is 11.5. The maximum Gasteiger partial charge on any atom is 0.310 e. The van der Waals surface area contributed by atoms with Gasteiger partial charge in [0.1, 0.15) is 0 Å². The smallest absolute Gasteiger partial charge is 0.310 e. The molecule has 0 aromatic heterocycles. The summed E-state index contributed by atoms with van der Waals surface area (Å²) in [6.45, 7) is 0. The maximum absolute atomic E-state index is 11.5. The van der Waals surface area contributed by atoms with Crippen molar-refractivity contribution in [3.05, 3.63) is 35.4 Å². The van der Waals surface area contributed by atoms with Crippen molar-refractivity contribution in [1.82, 2.24) is 0 Å². The van der Waals surface area contributed by atoms with E-state index in [1.807, 2.05) is 12.1 Å². The lowest BCUT2D eigenvalue weighted by atomic mass is 9.58. The highest BCUT2D eigenvalue weighted by Crippen LogP contribution is 2.51. The third-order valence-electron chi connectivity index (χ3n) is 4.51. The van der Waals surface area contributed by atoms with Gasteiger partial charge in [0, 0.05) is 6.04 Å². The van der Waals surface area contributed by atoms with Gasteiger partial charge in [-0.25, -0.2) is 0 Å². The molecule has 0 saturated heterocycles. The quantitative estimate of drug-likeness (QED) is 0.812. The molecule has 2 aliphatic carbocycles. The van der Waals surface area contributed by atoms with Crippen LogP contribution >= 0.6 is 0 Å². The van der Waals surface area contributed by atoms with Crippen molar-refractivity contribution in [3.8, 4) is 0 Å². The molecule has 0 amide bonds. The van der Waals surface area contributed by atoms with Gasteiger partial charge < -0.3 is 10.8 Å². The zero-order valence-electron chi connectivity index (χ0n) is 9.73. The van der Waals surface area contributed by atoms with Gasteiger partial charge in [0.25, 0.3) is 0 Å². The largest absolute Gasteiger partial charge is 0.481 e. The minimum Gasteiger partial charge on any atom is -0.481 e. The predicted octanol–water partition coefficient (Wildman–Crippen LogP) is 1.59. The van der Waals surface area contributed by atoms with E-state index in [1.54, 1.807) is 0 Å². The molecule has 1 aromatic carbocycles. The van der Waals surface area contributed by atoms with Crippen molar-refractivity contribution in [2.75, 3.05) is 0 Å². The van der Waals surface area contributed by atoms with Crippen LogP contribution < -0.4 is 5.73 Å². The summed E-state index contributed by atoms with van der Waals surface area (Å²) in [6, 6.07) is 8.37. The average molecular weight is 231 g/mol. The molecule has 3 nitrogen and oxygen atoms in total. The number of hydrogen-bond acceptors (Lipinski definition) is 2. The van der Waals surface area contributed by atoms with Crippen LogP contribution in [0.5, 0.6) is 0 Å². The fourth-order valence-electron chi connectivity index (χ4n) is 3.51. The van der Waals surface area contributed by atoms with Crippen molar-refractivity contribution in [2.45, 2.75) is 31.7 Å². The first-order valence-electron chi connectivity index (χ1n) is 6.17. The van der Waals surface area contributed by atoms with E-state index in [4.69, 9.17) is 5.73 Å². The van der Waals surface area contributed by atoms with E-state index in [-0.39, 0.29) is 12.0 Å². The Balaban J connectivity index is 1.86. The van der Waals surface area contributed by atoms with Gasteiger partial charge in [-0.2, -0.15) is 0 Å². The lowest BCUT2D eigenvalue weighted by molar-refractivity contribution is -0.161. The van der Waals surface area contributed by atoms with E-state index in [0.29, 0.717) is 12.8 Å². The van der Waals surface area contributed by atoms with Gasteiger partial charge in [0.05, 0.1) is 5.41 Å². The van der Waals surface area contributed by atoms with E-state index in [1.165, 1.54) is 11.1 Å². The molecule has 0 radical (unpaired) electrons. The van der Waals surface area contributed by atoms with Crippen molar-refractivity contribution in [2.24, 2.45) is 17.1 Å². The lowest BCUT2D eigenvalue weighted by Gasteiger charge is -2.46. The molecule has 3 rings (SSSR count). The monoisotopic (exact) mass is 231 g/mol. The second kappa shape index (κ2) is 3.57. The first-order valence-corrected chi connectivity index (χ1v) is 6.17. The Bertz CT molecular complexity index is 438. The highest BCUT2D eigenvalue weighted by atomic mass is 16.4. The second-order valence-corrected chi connectivity index (χ2v) is 5.50. The fraction of sp³-hybridized carbons (Fsp3) is 0.500. The van der Waals surface area contributed by atoms with Gasteiger partial charge in [0.2, 0.25) is 0 Å². The number of hydrogen-bond donors (Lipinski definition) is 2. The van der Waals surface area contributed by atoms with Gasteiger partial charge >= 0.3 is 5.97 Å². The summed E-state index contributed by atoms with van der Waals surface area (Å²) in [7, 11) is 0. The van der Waals surface area contributed by atoms with E-state index in [9.17, 15) is 9.90 Å². The van der Waals surface area contributed by atoms with Crippen LogP contribution in [0.3, 0.4) is 0 Å². The number of carbonyl (C=O) groups is 1. The molecule has 0 aliphatic heterocycles. The number of nitrogens with two attached hydrogens (primary N) is 1. The van der Waals surface area contributed by atoms with E-state index in [2.05, 4.69) is 12.1 Å². The van der Waals surface area contributed by atoms with Crippen molar-refractivity contribution in [1.29, 1.82) is 0 Å². The number of benzene rings is 1. The molecular weight excluding hydrogens is 214 g/mol. The van der Waals surface area contributed by atoms with Gasteiger partial charge in [-0.15, -0.1) is 0 Å². The van der Waals surface area contributed by atoms with Crippen LogP contribution in [0.25, 0.3) is 0 Å². The van der Waals surface area contributed by atoms with E-state index >= 15 is 0 Å². The average Bonchev–Trinajstić information content (AvgIpc) is 2.67. The standard InChI is InChI=1S/C14H17NO2/c15-12-7-14(8-12,13(16)17)11-5-9-3-1-2-4-10(9)6-11/h1-4,11-12H,5-8,15H2,(H,16,17). The Morgan fingerprint density at radius 3 is 2.18 bits per heavy atom. The van der Waals surface area contributed by atoms with Crippen LogP contribution in [-0.2, 0) is 17.6 Å². The number of fused-ring (bicyclic) bond motifs is 1. The molecule has 0 spiro atoms. The minimum atomic E-state index is -0.656. The van der Waals surface area contributed by atoms with Gasteiger partial charge in [-0.3, -0.25) is 4.79 Å². The van der Waals surface area contributed by atoms with Crippen molar-refractivity contribution in [3.63, 3.8) is 0 Å². The molecule has 1 aromatic rings. The van der Waals surface area contributed by atoms with Crippen LogP contribution in [0.4, 0.5) is 0 Å². The molecule has 1 fully saturated rings. The zero-order chi connectivity index (χ0) is 12.0. The molecule has 1 saturated carbocycles. The molecule has 17 heavy (non-hydrogen) atoms. The van der Waals surface area contributed by atoms with Crippen LogP contribution in [0.2, 0.25) is 0 Å². The Morgan fingerprint density at radius 2 is 1.76 bits per heavy atom. The van der Waals surface area contributed by atoms with E-state index < -0.39 is 11.4 Å². The number of carboxylic acid groups (broad SMARTS) is 1. The van der Waals surface area contributed by atoms with E-state index in [0.717, 1.165) is 12.8 Å². The van der Waals surface area contributed by atoms with Crippen LogP contribution in [0, 0.1) is 11.3 Å². The normalized spacial score (nSPS) is 31.9. The number of carboxylic acids is 1. The third kappa shape index (κ3) is 1.49. The van der Waals surface area contributed by atoms with Crippen molar-refractivity contribution < 1.29 is 9.90 Å². The molecule has 0 unspecified atom stereocenters. The first-order chi connectivity index (χ1) is 8.12. The molecule has 90 valence electrons. The SMILES string of the molecule is NC1CC(C(=O)O)(C2Cc3ccccc3C2)C1. The summed E-state index contributed by atoms with van der Waals surface area (Å²) in [5.41, 5.74) is 7.88. The molecule has 0 heterocycles. The predicted molar refractivity (Wildman–Crippen MR) is 64.6 cm³/mol. The Labute approximate surface area is 101 Å². The number of aliphatic carboxylic acids is 1. The summed E-state index contributed by atoms with van der Waals surface area (Å²) in [4.78, 5) is 11.5. The second-order valence-electron chi connectivity index (χ2n) is 5.50. The summed E-state index contributed by atoms with van der Waals surface area (Å²) in [5, 5.41) is 9.49. The van der Waals surface area contributed by atoms with Crippen LogP contribution in [0.15, 0.2) is 24.3 Å². The Morgan fingerprint density at radius 1 is 1.24 bits per heavy atom. The molecule has 3 N–H and O–H groups in total. The lowest BCUT2D eigenvalue weighted by Crippen LogP contribution is -2.55. The first kappa shape index (κ1) is 10.8. The molecular formula is C14H17NO2. The Kier molecular flexibility index (Phi) is 2.26. The third-order valence-corrected chi connectivity index (χ3v) is 4.51. The zero-order valence-corrected chi connectivity index (χ0v) is 9.73.